The molecule has 1 aliphatic carbocycles. The molecule has 3 heterocycles. The quantitative estimate of drug-likeness (QED) is 0.694. The number of amides is 2. The summed E-state index contributed by atoms with van der Waals surface area (Å²) in [6.45, 7) is 6.74. The van der Waals surface area contributed by atoms with E-state index in [-0.39, 0.29) is 11.8 Å². The Morgan fingerprint density at radius 2 is 1.77 bits per heavy atom. The van der Waals surface area contributed by atoms with E-state index in [4.69, 9.17) is 0 Å². The lowest BCUT2D eigenvalue weighted by Crippen LogP contribution is -2.54. The summed E-state index contributed by atoms with van der Waals surface area (Å²) in [5.74, 6) is 1.23. The predicted molar refractivity (Wildman–Crippen MR) is 137 cm³/mol. The second-order valence-electron chi connectivity index (χ2n) is 10.9. The first-order valence-corrected chi connectivity index (χ1v) is 13.3. The summed E-state index contributed by atoms with van der Waals surface area (Å²) in [6.07, 6.45) is 7.68. The van der Waals surface area contributed by atoms with E-state index < -0.39 is 6.04 Å². The van der Waals surface area contributed by atoms with Gasteiger partial charge in [-0.15, -0.1) is 0 Å². The highest BCUT2D eigenvalue weighted by Crippen LogP contribution is 2.38. The van der Waals surface area contributed by atoms with E-state index in [1.165, 1.54) is 49.9 Å². The third-order valence-electron chi connectivity index (χ3n) is 8.72. The van der Waals surface area contributed by atoms with Gasteiger partial charge in [0.25, 0.3) is 5.91 Å². The summed E-state index contributed by atoms with van der Waals surface area (Å²) in [7, 11) is 0. The SMILES string of the molecule is C=C1CCC(N2Cc3cc(C[C@H]4CCCCC4N4CC(c5ccccc5)C4)ccc3C2=O)C(=O)N1. The zero-order valence-electron chi connectivity index (χ0n) is 20.4. The lowest BCUT2D eigenvalue weighted by molar-refractivity contribution is -0.126. The predicted octanol–water partition coefficient (Wildman–Crippen LogP) is 4.64. The van der Waals surface area contributed by atoms with Crippen LogP contribution >= 0.6 is 0 Å². The molecule has 3 fully saturated rings. The number of nitrogens with zero attached hydrogens (tertiary/aromatic N) is 2. The van der Waals surface area contributed by atoms with Crippen molar-refractivity contribution in [3.63, 3.8) is 0 Å². The monoisotopic (exact) mass is 469 g/mol. The molecule has 182 valence electrons. The van der Waals surface area contributed by atoms with Gasteiger partial charge in [0, 0.05) is 42.9 Å². The molecule has 2 saturated heterocycles. The van der Waals surface area contributed by atoms with E-state index in [9.17, 15) is 9.59 Å². The fraction of sp³-hybridized carbons (Fsp3) is 0.467. The highest BCUT2D eigenvalue weighted by atomic mass is 16.2. The molecule has 0 radical (unpaired) electrons. The van der Waals surface area contributed by atoms with E-state index >= 15 is 0 Å². The highest BCUT2D eigenvalue weighted by Gasteiger charge is 2.40. The summed E-state index contributed by atoms with van der Waals surface area (Å²) >= 11 is 0. The van der Waals surface area contributed by atoms with Crippen LogP contribution in [0, 0.1) is 5.92 Å². The normalized spacial score (nSPS) is 27.5. The van der Waals surface area contributed by atoms with E-state index in [1.807, 2.05) is 6.07 Å². The molecule has 0 aromatic heterocycles. The van der Waals surface area contributed by atoms with Crippen LogP contribution < -0.4 is 5.32 Å². The molecule has 3 aliphatic heterocycles. The molecule has 4 aliphatic rings. The molecule has 2 aromatic carbocycles. The van der Waals surface area contributed by atoms with Gasteiger partial charge in [0.15, 0.2) is 0 Å². The van der Waals surface area contributed by atoms with E-state index in [1.54, 1.807) is 4.90 Å². The summed E-state index contributed by atoms with van der Waals surface area (Å²) < 4.78 is 0. The molecule has 1 saturated carbocycles. The van der Waals surface area contributed by atoms with Crippen LogP contribution in [0.4, 0.5) is 0 Å². The number of benzene rings is 2. The first-order valence-electron chi connectivity index (χ1n) is 13.3. The van der Waals surface area contributed by atoms with Crippen molar-refractivity contribution in [3.8, 4) is 0 Å². The third-order valence-corrected chi connectivity index (χ3v) is 8.72. The topological polar surface area (TPSA) is 52.7 Å². The number of hydrogen-bond acceptors (Lipinski definition) is 3. The Kier molecular flexibility index (Phi) is 5.97. The molecule has 1 N–H and O–H groups in total. The fourth-order valence-corrected chi connectivity index (χ4v) is 6.76. The van der Waals surface area contributed by atoms with Crippen LogP contribution in [0.3, 0.4) is 0 Å². The van der Waals surface area contributed by atoms with Crippen LogP contribution in [0.25, 0.3) is 0 Å². The highest BCUT2D eigenvalue weighted by molar-refractivity contribution is 6.01. The number of piperidine rings is 1. The van der Waals surface area contributed by atoms with Gasteiger partial charge in [-0.3, -0.25) is 14.5 Å². The van der Waals surface area contributed by atoms with Crippen molar-refractivity contribution in [2.24, 2.45) is 5.92 Å². The largest absolute Gasteiger partial charge is 0.329 e. The van der Waals surface area contributed by atoms with Gasteiger partial charge in [0.05, 0.1) is 0 Å². The Morgan fingerprint density at radius 3 is 2.57 bits per heavy atom. The molecule has 35 heavy (non-hydrogen) atoms. The second kappa shape index (κ2) is 9.27. The Morgan fingerprint density at radius 1 is 0.971 bits per heavy atom. The Hall–Kier alpha value is -2.92. The average Bonchev–Trinajstić information content (AvgIpc) is 3.15. The molecule has 3 atom stereocenters. The zero-order valence-corrected chi connectivity index (χ0v) is 20.4. The molecule has 2 unspecified atom stereocenters. The van der Waals surface area contributed by atoms with Gasteiger partial charge in [-0.2, -0.15) is 0 Å². The van der Waals surface area contributed by atoms with Gasteiger partial charge >= 0.3 is 0 Å². The Balaban J connectivity index is 1.12. The first kappa shape index (κ1) is 22.5. The first-order chi connectivity index (χ1) is 17.1. The van der Waals surface area contributed by atoms with Gasteiger partial charge in [0.2, 0.25) is 5.91 Å². The second-order valence-corrected chi connectivity index (χ2v) is 10.9. The van der Waals surface area contributed by atoms with Crippen molar-refractivity contribution < 1.29 is 9.59 Å². The van der Waals surface area contributed by atoms with Crippen molar-refractivity contribution >= 4 is 11.8 Å². The Bertz CT molecular complexity index is 1140. The van der Waals surface area contributed by atoms with Crippen LogP contribution in [-0.2, 0) is 17.8 Å². The minimum absolute atomic E-state index is 0.0118. The smallest absolute Gasteiger partial charge is 0.255 e. The maximum Gasteiger partial charge on any atom is 0.255 e. The number of fused-ring (bicyclic) bond motifs is 1. The number of rotatable bonds is 5. The van der Waals surface area contributed by atoms with E-state index in [2.05, 4.69) is 59.3 Å². The zero-order chi connectivity index (χ0) is 23.9. The molecule has 0 spiro atoms. The third kappa shape index (κ3) is 4.31. The summed E-state index contributed by atoms with van der Waals surface area (Å²) in [6, 6.07) is 17.6. The standard InChI is InChI=1S/C30H35N3O2/c1-20-11-14-28(29(34)31-20)33-19-24-16-21(12-13-26(24)30(33)35)15-23-9-5-6-10-27(23)32-17-25(18-32)22-7-3-2-4-8-22/h2-4,7-8,12-13,16,23,25,27-28H,1,5-6,9-11,14-15,17-19H2,(H,31,34)/t23-,27?,28?/m1/s1. The minimum atomic E-state index is -0.393. The van der Waals surface area contributed by atoms with Crippen molar-refractivity contribution in [1.29, 1.82) is 0 Å². The van der Waals surface area contributed by atoms with Crippen molar-refractivity contribution in [2.45, 2.75) is 69.5 Å². The molecule has 6 rings (SSSR count). The van der Waals surface area contributed by atoms with Crippen LogP contribution in [0.5, 0.6) is 0 Å². The number of likely N-dealkylation sites (tertiary alicyclic amines) is 1. The molecule has 0 bridgehead atoms. The lowest BCUT2D eigenvalue weighted by Gasteiger charge is -2.49. The van der Waals surface area contributed by atoms with Gasteiger partial charge < -0.3 is 10.2 Å². The summed E-state index contributed by atoms with van der Waals surface area (Å²) in [5.41, 5.74) is 5.39. The molecular weight excluding hydrogens is 434 g/mol. The average molecular weight is 470 g/mol. The van der Waals surface area contributed by atoms with Gasteiger partial charge in [0.1, 0.15) is 6.04 Å². The molecule has 2 amide bonds. The van der Waals surface area contributed by atoms with Gasteiger partial charge in [-0.05, 0) is 60.8 Å². The lowest BCUT2D eigenvalue weighted by atomic mass is 9.77. The van der Waals surface area contributed by atoms with Crippen molar-refractivity contribution in [3.05, 3.63) is 83.1 Å². The summed E-state index contributed by atoms with van der Waals surface area (Å²) in [4.78, 5) is 30.0. The molecule has 5 heteroatoms. The van der Waals surface area contributed by atoms with Crippen molar-refractivity contribution in [2.75, 3.05) is 13.1 Å². The number of hydrogen-bond donors (Lipinski definition) is 1. The number of carbonyl (C=O) groups is 2. The van der Waals surface area contributed by atoms with Crippen LogP contribution in [0.15, 0.2) is 60.8 Å². The van der Waals surface area contributed by atoms with E-state index in [0.29, 0.717) is 30.8 Å². The minimum Gasteiger partial charge on any atom is -0.329 e. The van der Waals surface area contributed by atoms with Crippen LogP contribution in [0.1, 0.15) is 71.5 Å². The number of nitrogens with one attached hydrogen (secondary N) is 1. The van der Waals surface area contributed by atoms with Crippen LogP contribution in [0.2, 0.25) is 0 Å². The number of carbonyl (C=O) groups excluding carboxylic acids is 2. The molecule has 5 nitrogen and oxygen atoms in total. The van der Waals surface area contributed by atoms with Gasteiger partial charge in [-0.1, -0.05) is 61.9 Å². The number of allylic oxidation sites excluding steroid dienone is 1. The van der Waals surface area contributed by atoms with E-state index in [0.717, 1.165) is 29.7 Å². The fourth-order valence-electron chi connectivity index (χ4n) is 6.76. The molecular formula is C30H35N3O2. The summed E-state index contributed by atoms with van der Waals surface area (Å²) in [5, 5.41) is 2.83. The van der Waals surface area contributed by atoms with Crippen molar-refractivity contribution in [1.82, 2.24) is 15.1 Å². The maximum absolute atomic E-state index is 13.1. The van der Waals surface area contributed by atoms with Gasteiger partial charge in [-0.25, -0.2) is 0 Å². The van der Waals surface area contributed by atoms with Crippen LogP contribution in [-0.4, -0.2) is 46.8 Å². The molecule has 2 aromatic rings. The maximum atomic E-state index is 13.1. The Labute approximate surface area is 208 Å².